The lowest BCUT2D eigenvalue weighted by Crippen LogP contribution is -2.62. The van der Waals surface area contributed by atoms with Gasteiger partial charge >= 0.3 is 0 Å². The third-order valence-corrected chi connectivity index (χ3v) is 7.04. The molecule has 2 N–H and O–H groups in total. The van der Waals surface area contributed by atoms with Crippen molar-refractivity contribution in [3.05, 3.63) is 27.5 Å². The summed E-state index contributed by atoms with van der Waals surface area (Å²) in [7, 11) is 0. The molecule has 2 atom stereocenters. The van der Waals surface area contributed by atoms with Crippen molar-refractivity contribution in [2.45, 2.75) is 63.7 Å². The summed E-state index contributed by atoms with van der Waals surface area (Å²) in [5, 5.41) is 11.5. The number of aromatic amines is 1. The Labute approximate surface area is 179 Å². The Balaban J connectivity index is 1.50. The van der Waals surface area contributed by atoms with Gasteiger partial charge in [0, 0.05) is 36.1 Å². The van der Waals surface area contributed by atoms with Crippen LogP contribution < -0.4 is 5.32 Å². The van der Waals surface area contributed by atoms with Gasteiger partial charge in [-0.15, -0.1) is 0 Å². The topological polar surface area (TPSA) is 70.2 Å². The Hall–Kier alpha value is -1.19. The van der Waals surface area contributed by atoms with Gasteiger partial charge in [0.2, 0.25) is 0 Å². The van der Waals surface area contributed by atoms with Crippen LogP contribution in [0.25, 0.3) is 10.9 Å². The maximum atomic E-state index is 12.9. The van der Waals surface area contributed by atoms with Crippen molar-refractivity contribution < 1.29 is 9.53 Å². The van der Waals surface area contributed by atoms with Gasteiger partial charge in [0.05, 0.1) is 17.7 Å². The molecule has 28 heavy (non-hydrogen) atoms. The predicted molar refractivity (Wildman–Crippen MR) is 119 cm³/mol. The Kier molecular flexibility index (Phi) is 5.94. The van der Waals surface area contributed by atoms with Crippen molar-refractivity contribution in [1.82, 2.24) is 20.4 Å². The van der Waals surface area contributed by atoms with E-state index in [1.54, 1.807) is 0 Å². The van der Waals surface area contributed by atoms with Gasteiger partial charge < -0.3 is 10.1 Å². The number of carbonyl (C=O) groups is 1. The lowest BCUT2D eigenvalue weighted by Gasteiger charge is -2.50. The molecule has 0 unspecified atom stereocenters. The number of benzene rings is 1. The van der Waals surface area contributed by atoms with E-state index in [1.807, 2.05) is 18.2 Å². The van der Waals surface area contributed by atoms with Gasteiger partial charge in [-0.3, -0.25) is 14.8 Å². The van der Waals surface area contributed by atoms with Gasteiger partial charge in [0.15, 0.2) is 0 Å². The molecule has 1 aliphatic heterocycles. The molecule has 6 nitrogen and oxygen atoms in total. The summed E-state index contributed by atoms with van der Waals surface area (Å²) in [5.41, 5.74) is 1.64. The van der Waals surface area contributed by atoms with Gasteiger partial charge in [0.1, 0.15) is 3.70 Å². The fourth-order valence-corrected chi connectivity index (χ4v) is 5.40. The number of aromatic nitrogens is 2. The summed E-state index contributed by atoms with van der Waals surface area (Å²) in [6, 6.07) is 5.70. The van der Waals surface area contributed by atoms with E-state index >= 15 is 0 Å². The van der Waals surface area contributed by atoms with Crippen LogP contribution in [0, 0.1) is 3.70 Å². The fraction of sp³-hybridized carbons (Fsp3) is 0.619. The molecule has 0 bridgehead atoms. The highest BCUT2D eigenvalue weighted by molar-refractivity contribution is 14.1. The number of hydrogen-bond donors (Lipinski definition) is 2. The lowest BCUT2D eigenvalue weighted by atomic mass is 9.79. The molecular weight excluding hydrogens is 467 g/mol. The minimum atomic E-state index is -0.00166. The first-order valence-electron chi connectivity index (χ1n) is 10.3. The molecule has 1 aliphatic carbocycles. The normalized spacial score (nSPS) is 25.7. The average Bonchev–Trinajstić information content (AvgIpc) is 3.06. The van der Waals surface area contributed by atoms with E-state index in [2.05, 4.69) is 56.9 Å². The predicted octanol–water partition coefficient (Wildman–Crippen LogP) is 3.71. The van der Waals surface area contributed by atoms with Crippen LogP contribution in [0.1, 0.15) is 56.3 Å². The van der Waals surface area contributed by atoms with Crippen LogP contribution in [0.15, 0.2) is 18.2 Å². The Morgan fingerprint density at radius 2 is 2.00 bits per heavy atom. The van der Waals surface area contributed by atoms with E-state index in [0.717, 1.165) is 40.5 Å². The Bertz CT molecular complexity index is 836. The van der Waals surface area contributed by atoms with Gasteiger partial charge in [0.25, 0.3) is 5.91 Å². The number of ether oxygens (including phenoxy) is 1. The number of hydrogen-bond acceptors (Lipinski definition) is 4. The van der Waals surface area contributed by atoms with Crippen molar-refractivity contribution >= 4 is 39.4 Å². The van der Waals surface area contributed by atoms with E-state index in [4.69, 9.17) is 4.74 Å². The molecule has 2 fully saturated rings. The minimum absolute atomic E-state index is 0.00166. The average molecular weight is 496 g/mol. The molecule has 0 radical (unpaired) electrons. The monoisotopic (exact) mass is 496 g/mol. The molecule has 2 aromatic rings. The van der Waals surface area contributed by atoms with E-state index < -0.39 is 0 Å². The standard InChI is InChI=1S/C21H29IN4O2/c1-14-11-26(12-15(2)28-14)21(8-4-3-5-9-21)13-23-20(27)16-6-7-18-17(10-16)19(22)25-24-18/h6-7,10,14-15H,3-5,8-9,11-13H2,1-2H3,(H,23,27)(H,24,25)/t14-,15+. The van der Waals surface area contributed by atoms with Crippen LogP contribution in [0.4, 0.5) is 0 Å². The highest BCUT2D eigenvalue weighted by atomic mass is 127. The van der Waals surface area contributed by atoms with Crippen molar-refractivity contribution in [3.63, 3.8) is 0 Å². The molecule has 1 aromatic heterocycles. The first kappa shape index (κ1) is 20.1. The molecule has 1 saturated heterocycles. The number of nitrogens with zero attached hydrogens (tertiary/aromatic N) is 2. The molecule has 0 spiro atoms. The second-order valence-corrected chi connectivity index (χ2v) is 9.48. The zero-order valence-corrected chi connectivity index (χ0v) is 18.8. The van der Waals surface area contributed by atoms with Gasteiger partial charge in [-0.25, -0.2) is 0 Å². The van der Waals surface area contributed by atoms with Crippen molar-refractivity contribution in [3.8, 4) is 0 Å². The van der Waals surface area contributed by atoms with Gasteiger partial charge in [-0.05, 0) is 67.5 Å². The largest absolute Gasteiger partial charge is 0.373 e. The number of H-pyrrole nitrogens is 1. The van der Waals surface area contributed by atoms with E-state index in [1.165, 1.54) is 19.3 Å². The third-order valence-electron chi connectivity index (χ3n) is 6.22. The molecule has 1 aromatic carbocycles. The van der Waals surface area contributed by atoms with Crippen molar-refractivity contribution in [1.29, 1.82) is 0 Å². The number of rotatable bonds is 4. The quantitative estimate of drug-likeness (QED) is 0.634. The number of morpholine rings is 1. The summed E-state index contributed by atoms with van der Waals surface area (Å²) in [6.45, 7) is 6.89. The van der Waals surface area contributed by atoms with Crippen LogP contribution in [0.3, 0.4) is 0 Å². The minimum Gasteiger partial charge on any atom is -0.373 e. The molecule has 2 heterocycles. The van der Waals surface area contributed by atoms with Crippen LogP contribution >= 0.6 is 22.6 Å². The van der Waals surface area contributed by atoms with E-state index in [9.17, 15) is 4.79 Å². The number of nitrogens with one attached hydrogen (secondary N) is 2. The Morgan fingerprint density at radius 1 is 1.29 bits per heavy atom. The molecule has 1 saturated carbocycles. The van der Waals surface area contributed by atoms with E-state index in [-0.39, 0.29) is 23.7 Å². The van der Waals surface area contributed by atoms with Gasteiger partial charge in [-0.1, -0.05) is 19.3 Å². The third kappa shape index (κ3) is 4.07. The maximum Gasteiger partial charge on any atom is 0.251 e. The molecular formula is C21H29IN4O2. The molecule has 152 valence electrons. The number of fused-ring (bicyclic) bond motifs is 1. The molecule has 2 aliphatic rings. The van der Waals surface area contributed by atoms with E-state index in [0.29, 0.717) is 12.1 Å². The summed E-state index contributed by atoms with van der Waals surface area (Å²) in [4.78, 5) is 15.5. The summed E-state index contributed by atoms with van der Waals surface area (Å²) in [5.74, 6) is -0.00166. The Morgan fingerprint density at radius 3 is 2.71 bits per heavy atom. The fourth-order valence-electron chi connectivity index (χ4n) is 4.85. The van der Waals surface area contributed by atoms with Crippen LogP contribution in [-0.4, -0.2) is 58.4 Å². The summed E-state index contributed by atoms with van der Waals surface area (Å²) < 4.78 is 6.91. The highest BCUT2D eigenvalue weighted by Gasteiger charge is 2.41. The van der Waals surface area contributed by atoms with Crippen LogP contribution in [-0.2, 0) is 4.74 Å². The number of halogens is 1. The molecule has 7 heteroatoms. The van der Waals surface area contributed by atoms with Crippen LogP contribution in [0.5, 0.6) is 0 Å². The smallest absolute Gasteiger partial charge is 0.251 e. The first-order valence-corrected chi connectivity index (χ1v) is 11.4. The first-order chi connectivity index (χ1) is 13.5. The second-order valence-electron chi connectivity index (χ2n) is 8.40. The number of amides is 1. The SMILES string of the molecule is C[C@@H]1CN(C2(CNC(=O)c3ccc4n[nH]c(I)c4c3)CCCCC2)C[C@H](C)O1. The zero-order chi connectivity index (χ0) is 19.7. The zero-order valence-electron chi connectivity index (χ0n) is 16.6. The number of carbonyl (C=O) groups excluding carboxylic acids is 1. The van der Waals surface area contributed by atoms with Crippen molar-refractivity contribution in [2.75, 3.05) is 19.6 Å². The van der Waals surface area contributed by atoms with Crippen molar-refractivity contribution in [2.24, 2.45) is 0 Å². The second kappa shape index (κ2) is 8.28. The maximum absolute atomic E-state index is 12.9. The van der Waals surface area contributed by atoms with Gasteiger partial charge in [-0.2, -0.15) is 5.10 Å². The van der Waals surface area contributed by atoms with Crippen LogP contribution in [0.2, 0.25) is 0 Å². The molecule has 4 rings (SSSR count). The highest BCUT2D eigenvalue weighted by Crippen LogP contribution is 2.35. The molecule has 1 amide bonds. The summed E-state index contributed by atoms with van der Waals surface area (Å²) in [6.07, 6.45) is 6.52. The lowest BCUT2D eigenvalue weighted by molar-refractivity contribution is -0.109. The summed E-state index contributed by atoms with van der Waals surface area (Å²) >= 11 is 2.22.